The fourth-order valence-electron chi connectivity index (χ4n) is 0.911. The summed E-state index contributed by atoms with van der Waals surface area (Å²) in [4.78, 5) is 10.3. The van der Waals surface area contributed by atoms with E-state index in [1.807, 2.05) is 0 Å². The van der Waals surface area contributed by atoms with Gasteiger partial charge in [-0.2, -0.15) is 0 Å². The van der Waals surface area contributed by atoms with Crippen molar-refractivity contribution in [2.45, 2.75) is 32.4 Å². The number of aliphatic carboxylic acids is 1. The van der Waals surface area contributed by atoms with Crippen molar-refractivity contribution in [1.29, 1.82) is 5.41 Å². The standard InChI is InChI=1S/C9H16FN3O2/c1-5(13-6(2)11)7(10)3-4-8(12)9(14)15/h3,5,8H,4,12H2,1-2H3,(H2,11,13)(H,14,15)/b7-3-/t5?,8-/m0/s1. The largest absolute Gasteiger partial charge is 0.480 e. The average Bonchev–Trinajstić information content (AvgIpc) is 2.12. The molecule has 0 aromatic rings. The molecule has 0 aliphatic heterocycles. The van der Waals surface area contributed by atoms with Crippen molar-refractivity contribution in [2.75, 3.05) is 0 Å². The molecular weight excluding hydrogens is 201 g/mol. The average molecular weight is 217 g/mol. The maximum atomic E-state index is 13.2. The summed E-state index contributed by atoms with van der Waals surface area (Å²) >= 11 is 0. The first-order valence-electron chi connectivity index (χ1n) is 4.50. The Kier molecular flexibility index (Phi) is 5.54. The maximum Gasteiger partial charge on any atom is 0.320 e. The van der Waals surface area contributed by atoms with E-state index in [0.29, 0.717) is 0 Å². The summed E-state index contributed by atoms with van der Waals surface area (Å²) in [5, 5.41) is 18.1. The second-order valence-corrected chi connectivity index (χ2v) is 3.26. The summed E-state index contributed by atoms with van der Waals surface area (Å²) in [5.41, 5.74) is 5.19. The summed E-state index contributed by atoms with van der Waals surface area (Å²) in [7, 11) is 0. The number of nitrogens with two attached hydrogens (primary N) is 1. The summed E-state index contributed by atoms with van der Waals surface area (Å²) in [6, 6.07) is -1.73. The predicted octanol–water partition coefficient (Wildman–Crippen LogP) is 0.617. The molecule has 0 aromatic carbocycles. The van der Waals surface area contributed by atoms with Crippen LogP contribution in [0, 0.1) is 5.41 Å². The molecule has 5 nitrogen and oxygen atoms in total. The zero-order valence-electron chi connectivity index (χ0n) is 8.75. The minimum Gasteiger partial charge on any atom is -0.480 e. The SMILES string of the molecule is CC(=N)NC(C)/C(F)=C/C[C@H](N)C(=O)O. The Morgan fingerprint density at radius 3 is 2.67 bits per heavy atom. The van der Waals surface area contributed by atoms with Gasteiger partial charge in [-0.3, -0.25) is 10.2 Å². The van der Waals surface area contributed by atoms with E-state index < -0.39 is 23.9 Å². The van der Waals surface area contributed by atoms with Gasteiger partial charge in [0.2, 0.25) is 0 Å². The van der Waals surface area contributed by atoms with E-state index in [1.165, 1.54) is 13.8 Å². The number of carbonyl (C=O) groups is 1. The molecule has 0 fully saturated rings. The molecular formula is C9H16FN3O2. The van der Waals surface area contributed by atoms with Gasteiger partial charge in [0.15, 0.2) is 0 Å². The summed E-state index contributed by atoms with van der Waals surface area (Å²) < 4.78 is 13.2. The number of hydrogen-bond acceptors (Lipinski definition) is 3. The van der Waals surface area contributed by atoms with Crippen molar-refractivity contribution < 1.29 is 14.3 Å². The number of halogens is 1. The third-order valence-electron chi connectivity index (χ3n) is 1.73. The van der Waals surface area contributed by atoms with Gasteiger partial charge >= 0.3 is 5.97 Å². The number of hydrogen-bond donors (Lipinski definition) is 4. The zero-order valence-corrected chi connectivity index (χ0v) is 8.75. The van der Waals surface area contributed by atoms with E-state index in [-0.39, 0.29) is 12.3 Å². The van der Waals surface area contributed by atoms with Gasteiger partial charge in [-0.05, 0) is 26.3 Å². The number of carboxylic acid groups (broad SMARTS) is 1. The van der Waals surface area contributed by atoms with Gasteiger partial charge in [-0.25, -0.2) is 4.39 Å². The number of amidine groups is 1. The third kappa shape index (κ3) is 5.79. The smallest absolute Gasteiger partial charge is 0.320 e. The molecule has 0 radical (unpaired) electrons. The highest BCUT2D eigenvalue weighted by molar-refractivity contribution is 5.76. The van der Waals surface area contributed by atoms with E-state index >= 15 is 0 Å². The molecule has 0 aliphatic rings. The number of nitrogens with one attached hydrogen (secondary N) is 2. The Bertz CT molecular complexity index is 279. The number of carboxylic acids is 1. The molecule has 0 rings (SSSR count). The molecule has 86 valence electrons. The molecule has 0 spiro atoms. The molecule has 5 N–H and O–H groups in total. The highest BCUT2D eigenvalue weighted by Crippen LogP contribution is 2.06. The fraction of sp³-hybridized carbons (Fsp3) is 0.556. The highest BCUT2D eigenvalue weighted by Gasteiger charge is 2.12. The van der Waals surface area contributed by atoms with Crippen molar-refractivity contribution >= 4 is 11.8 Å². The van der Waals surface area contributed by atoms with Crippen molar-refractivity contribution in [1.82, 2.24) is 5.32 Å². The molecule has 1 unspecified atom stereocenters. The first-order valence-corrected chi connectivity index (χ1v) is 4.50. The summed E-state index contributed by atoms with van der Waals surface area (Å²) in [6.45, 7) is 3.03. The van der Waals surface area contributed by atoms with Crippen molar-refractivity contribution in [3.63, 3.8) is 0 Å². The van der Waals surface area contributed by atoms with Gasteiger partial charge in [0.1, 0.15) is 11.9 Å². The monoisotopic (exact) mass is 217 g/mol. The molecule has 0 heterocycles. The maximum absolute atomic E-state index is 13.2. The van der Waals surface area contributed by atoms with Crippen LogP contribution in [0.5, 0.6) is 0 Å². The Labute approximate surface area is 87.7 Å². The van der Waals surface area contributed by atoms with Crippen LogP contribution in [0.3, 0.4) is 0 Å². The fourth-order valence-corrected chi connectivity index (χ4v) is 0.911. The Morgan fingerprint density at radius 2 is 2.27 bits per heavy atom. The van der Waals surface area contributed by atoms with E-state index in [4.69, 9.17) is 16.2 Å². The van der Waals surface area contributed by atoms with Crippen molar-refractivity contribution in [3.05, 3.63) is 11.9 Å². The molecule has 0 aromatic heterocycles. The quantitative estimate of drug-likeness (QED) is 0.400. The lowest BCUT2D eigenvalue weighted by molar-refractivity contribution is -0.138. The minimum atomic E-state index is -1.16. The zero-order chi connectivity index (χ0) is 12.0. The van der Waals surface area contributed by atoms with Crippen LogP contribution in [0.4, 0.5) is 4.39 Å². The van der Waals surface area contributed by atoms with Crippen molar-refractivity contribution in [2.24, 2.45) is 5.73 Å². The van der Waals surface area contributed by atoms with Gasteiger partial charge < -0.3 is 16.2 Å². The van der Waals surface area contributed by atoms with E-state index in [9.17, 15) is 9.18 Å². The number of rotatable bonds is 5. The molecule has 0 aliphatic carbocycles. The van der Waals surface area contributed by atoms with Crippen LogP contribution < -0.4 is 11.1 Å². The van der Waals surface area contributed by atoms with Crippen LogP contribution in [0.15, 0.2) is 11.9 Å². The van der Waals surface area contributed by atoms with E-state index in [2.05, 4.69) is 5.32 Å². The lowest BCUT2D eigenvalue weighted by atomic mass is 10.2. The summed E-state index contributed by atoms with van der Waals surface area (Å²) in [6.07, 6.45) is 1.06. The summed E-state index contributed by atoms with van der Waals surface area (Å²) in [5.74, 6) is -1.53. The normalized spacial score (nSPS) is 15.6. The van der Waals surface area contributed by atoms with Gasteiger partial charge in [0.05, 0.1) is 11.9 Å². The van der Waals surface area contributed by atoms with E-state index in [0.717, 1.165) is 6.08 Å². The van der Waals surface area contributed by atoms with Crippen LogP contribution in [-0.2, 0) is 4.79 Å². The molecule has 2 atom stereocenters. The van der Waals surface area contributed by atoms with Crippen LogP contribution in [0.1, 0.15) is 20.3 Å². The van der Waals surface area contributed by atoms with Crippen LogP contribution in [0.2, 0.25) is 0 Å². The van der Waals surface area contributed by atoms with Gasteiger partial charge in [0.25, 0.3) is 0 Å². The second-order valence-electron chi connectivity index (χ2n) is 3.26. The Balaban J connectivity index is 4.18. The van der Waals surface area contributed by atoms with E-state index in [1.54, 1.807) is 0 Å². The molecule has 0 saturated heterocycles. The minimum absolute atomic E-state index is 0.0652. The van der Waals surface area contributed by atoms with Crippen molar-refractivity contribution in [3.8, 4) is 0 Å². The van der Waals surface area contributed by atoms with Gasteiger partial charge in [-0.15, -0.1) is 0 Å². The van der Waals surface area contributed by atoms with Crippen LogP contribution in [-0.4, -0.2) is 29.0 Å². The third-order valence-corrected chi connectivity index (χ3v) is 1.73. The molecule has 0 bridgehead atoms. The Morgan fingerprint density at radius 1 is 1.73 bits per heavy atom. The second kappa shape index (κ2) is 6.13. The molecule has 0 amide bonds. The van der Waals surface area contributed by atoms with Crippen LogP contribution in [0.25, 0.3) is 0 Å². The highest BCUT2D eigenvalue weighted by atomic mass is 19.1. The topological polar surface area (TPSA) is 99.2 Å². The first kappa shape index (κ1) is 13.6. The van der Waals surface area contributed by atoms with Crippen LogP contribution >= 0.6 is 0 Å². The first-order chi connectivity index (χ1) is 6.84. The Hall–Kier alpha value is -1.43. The molecule has 15 heavy (non-hydrogen) atoms. The molecule has 0 saturated carbocycles. The lowest BCUT2D eigenvalue weighted by Gasteiger charge is -2.12. The molecule has 6 heteroatoms. The van der Waals surface area contributed by atoms with Gasteiger partial charge in [-0.1, -0.05) is 0 Å². The van der Waals surface area contributed by atoms with Gasteiger partial charge in [0, 0.05) is 0 Å². The predicted molar refractivity (Wildman–Crippen MR) is 55.4 cm³/mol. The lowest BCUT2D eigenvalue weighted by Crippen LogP contribution is -2.32.